The van der Waals surface area contributed by atoms with Gasteiger partial charge in [-0.2, -0.15) is 5.10 Å². The molecular formula is C22H15N3O2S. The van der Waals surface area contributed by atoms with E-state index in [0.717, 1.165) is 20.7 Å². The fourth-order valence-corrected chi connectivity index (χ4v) is 4.69. The van der Waals surface area contributed by atoms with E-state index in [-0.39, 0.29) is 11.7 Å². The third-order valence-electron chi connectivity index (χ3n) is 4.74. The predicted molar refractivity (Wildman–Crippen MR) is 111 cm³/mol. The Hall–Kier alpha value is -3.51. The van der Waals surface area contributed by atoms with Crippen LogP contribution < -0.4 is 5.32 Å². The topological polar surface area (TPSA) is 64.0 Å². The maximum Gasteiger partial charge on any atom is 0.256 e. The summed E-state index contributed by atoms with van der Waals surface area (Å²) in [5.74, 6) is -0.186. The van der Waals surface area contributed by atoms with Crippen LogP contribution in [-0.4, -0.2) is 21.5 Å². The molecule has 1 aliphatic carbocycles. The molecule has 5 nitrogen and oxygen atoms in total. The lowest BCUT2D eigenvalue weighted by Crippen LogP contribution is -2.15. The molecule has 0 atom stereocenters. The highest BCUT2D eigenvalue weighted by molar-refractivity contribution is 7.20. The van der Waals surface area contributed by atoms with Crippen molar-refractivity contribution >= 4 is 44.9 Å². The van der Waals surface area contributed by atoms with E-state index in [1.54, 1.807) is 28.3 Å². The summed E-state index contributed by atoms with van der Waals surface area (Å²) in [5, 5.41) is 7.99. The van der Waals surface area contributed by atoms with Crippen molar-refractivity contribution in [3.8, 4) is 5.69 Å². The Bertz CT molecular complexity index is 1250. The zero-order valence-electron chi connectivity index (χ0n) is 14.8. The molecule has 28 heavy (non-hydrogen) atoms. The molecule has 4 aromatic rings. The lowest BCUT2D eigenvalue weighted by atomic mass is 9.96. The summed E-state index contributed by atoms with van der Waals surface area (Å²) in [6.45, 7) is 0. The number of thiophene rings is 1. The van der Waals surface area contributed by atoms with Crippen LogP contribution in [0.2, 0.25) is 0 Å². The molecule has 1 aliphatic rings. The second-order valence-corrected chi connectivity index (χ2v) is 7.56. The van der Waals surface area contributed by atoms with Crippen LogP contribution in [0.5, 0.6) is 0 Å². The van der Waals surface area contributed by atoms with E-state index in [9.17, 15) is 9.59 Å². The highest BCUT2D eigenvalue weighted by Crippen LogP contribution is 2.37. The van der Waals surface area contributed by atoms with Crippen molar-refractivity contribution < 1.29 is 9.59 Å². The van der Waals surface area contributed by atoms with Crippen LogP contribution in [0.15, 0.2) is 67.0 Å². The van der Waals surface area contributed by atoms with Crippen LogP contribution in [0.4, 0.5) is 5.69 Å². The molecular weight excluding hydrogens is 370 g/mol. The molecule has 6 heteroatoms. The zero-order valence-corrected chi connectivity index (χ0v) is 15.6. The number of aromatic nitrogens is 2. The van der Waals surface area contributed by atoms with Gasteiger partial charge in [0.1, 0.15) is 0 Å². The second-order valence-electron chi connectivity index (χ2n) is 6.47. The number of anilines is 1. The van der Waals surface area contributed by atoms with Gasteiger partial charge in [0.2, 0.25) is 0 Å². The first-order valence-corrected chi connectivity index (χ1v) is 9.69. The zero-order chi connectivity index (χ0) is 19.1. The number of allylic oxidation sites excluding steroid dienone is 1. The highest BCUT2D eigenvalue weighted by atomic mass is 32.1. The molecule has 136 valence electrons. The van der Waals surface area contributed by atoms with E-state index in [2.05, 4.69) is 10.4 Å². The summed E-state index contributed by atoms with van der Waals surface area (Å²) in [5.41, 5.74) is 2.60. The Morgan fingerprint density at radius 2 is 2.00 bits per heavy atom. The number of hydrogen-bond donors (Lipinski definition) is 1. The number of nitrogens with one attached hydrogen (secondary N) is 1. The molecule has 5 rings (SSSR count). The van der Waals surface area contributed by atoms with Crippen LogP contribution in [-0.2, 0) is 0 Å². The number of amides is 1. The molecule has 0 radical (unpaired) electrons. The number of benzene rings is 2. The van der Waals surface area contributed by atoms with E-state index in [0.29, 0.717) is 23.2 Å². The summed E-state index contributed by atoms with van der Waals surface area (Å²) >= 11 is 1.54. The molecule has 0 spiro atoms. The first-order chi connectivity index (χ1) is 13.7. The first kappa shape index (κ1) is 16.6. The summed E-state index contributed by atoms with van der Waals surface area (Å²) in [6, 6.07) is 14.9. The van der Waals surface area contributed by atoms with Crippen LogP contribution in [0.25, 0.3) is 21.8 Å². The Morgan fingerprint density at radius 3 is 2.86 bits per heavy atom. The van der Waals surface area contributed by atoms with Crippen LogP contribution in [0.1, 0.15) is 32.0 Å². The molecule has 2 aromatic heterocycles. The number of nitrogens with zero attached hydrogens (tertiary/aromatic N) is 2. The fourth-order valence-electron chi connectivity index (χ4n) is 3.51. The number of rotatable bonds is 3. The normalized spacial score (nSPS) is 12.9. The van der Waals surface area contributed by atoms with E-state index in [1.165, 1.54) is 0 Å². The summed E-state index contributed by atoms with van der Waals surface area (Å²) < 4.78 is 2.65. The Balaban J connectivity index is 1.59. The molecule has 0 aliphatic heterocycles. The van der Waals surface area contributed by atoms with Crippen molar-refractivity contribution in [1.82, 2.24) is 9.78 Å². The van der Waals surface area contributed by atoms with Gasteiger partial charge in [-0.25, -0.2) is 4.68 Å². The van der Waals surface area contributed by atoms with Crippen LogP contribution >= 0.6 is 11.3 Å². The van der Waals surface area contributed by atoms with Crippen molar-refractivity contribution in [2.24, 2.45) is 0 Å². The molecule has 0 bridgehead atoms. The van der Waals surface area contributed by atoms with Crippen molar-refractivity contribution in [2.45, 2.75) is 6.42 Å². The molecule has 0 fully saturated rings. The number of para-hydroxylation sites is 2. The highest BCUT2D eigenvalue weighted by Gasteiger charge is 2.24. The smallest absolute Gasteiger partial charge is 0.256 e. The minimum Gasteiger partial charge on any atom is -0.320 e. The molecule has 0 saturated carbocycles. The first-order valence-electron chi connectivity index (χ1n) is 8.88. The maximum absolute atomic E-state index is 13.2. The molecule has 2 heterocycles. The summed E-state index contributed by atoms with van der Waals surface area (Å²) in [4.78, 5) is 26.6. The Kier molecular flexibility index (Phi) is 3.91. The van der Waals surface area contributed by atoms with Crippen LogP contribution in [0, 0.1) is 0 Å². The molecule has 2 aromatic carbocycles. The van der Waals surface area contributed by atoms with Gasteiger partial charge in [0.15, 0.2) is 5.78 Å². The number of carbonyl (C=O) groups excluding carboxylic acids is 2. The van der Waals surface area contributed by atoms with Crippen molar-refractivity contribution in [3.63, 3.8) is 0 Å². The molecule has 1 amide bonds. The van der Waals surface area contributed by atoms with Gasteiger partial charge in [-0.1, -0.05) is 24.3 Å². The quantitative estimate of drug-likeness (QED) is 0.543. The monoisotopic (exact) mass is 385 g/mol. The largest absolute Gasteiger partial charge is 0.320 e. The summed E-state index contributed by atoms with van der Waals surface area (Å²) in [7, 11) is 0. The number of carbonyl (C=O) groups is 2. The van der Waals surface area contributed by atoms with Gasteiger partial charge in [0.05, 0.1) is 11.4 Å². The predicted octanol–water partition coefficient (Wildman–Crippen LogP) is 4.94. The third kappa shape index (κ3) is 2.66. The maximum atomic E-state index is 13.2. The molecule has 1 N–H and O–H groups in total. The molecule has 0 unspecified atom stereocenters. The second kappa shape index (κ2) is 6.58. The van der Waals surface area contributed by atoms with Gasteiger partial charge < -0.3 is 5.32 Å². The van der Waals surface area contributed by atoms with Crippen LogP contribution in [0.3, 0.4) is 0 Å². The van der Waals surface area contributed by atoms with Crippen molar-refractivity contribution in [2.75, 3.05) is 5.32 Å². The van der Waals surface area contributed by atoms with Crippen molar-refractivity contribution in [3.05, 3.63) is 83.0 Å². The van der Waals surface area contributed by atoms with Crippen molar-refractivity contribution in [1.29, 1.82) is 0 Å². The average Bonchev–Trinajstić information content (AvgIpc) is 3.36. The number of ketones is 1. The minimum absolute atomic E-state index is 0.0564. The Labute approximate surface area is 164 Å². The van der Waals surface area contributed by atoms with Gasteiger partial charge in [0, 0.05) is 44.9 Å². The average molecular weight is 385 g/mol. The fraction of sp³-hybridized carbons (Fsp3) is 0.0455. The Morgan fingerprint density at radius 1 is 1.11 bits per heavy atom. The van der Waals surface area contributed by atoms with E-state index in [4.69, 9.17) is 0 Å². The van der Waals surface area contributed by atoms with E-state index in [1.807, 2.05) is 60.8 Å². The minimum atomic E-state index is -0.242. The van der Waals surface area contributed by atoms with Gasteiger partial charge in [0.25, 0.3) is 5.91 Å². The number of fused-ring (bicyclic) bond motifs is 3. The number of hydrogen-bond acceptors (Lipinski definition) is 4. The lowest BCUT2D eigenvalue weighted by Gasteiger charge is -2.12. The van der Waals surface area contributed by atoms with E-state index >= 15 is 0 Å². The van der Waals surface area contributed by atoms with Gasteiger partial charge >= 0.3 is 0 Å². The van der Waals surface area contributed by atoms with Gasteiger partial charge in [-0.05, 0) is 36.4 Å². The molecule has 0 saturated heterocycles. The lowest BCUT2D eigenvalue weighted by molar-refractivity contribution is 0.0996. The standard InChI is InChI=1S/C22H15N3O2S/c26-17-9-4-11-19-21(17)20-14(6-3-10-18(20)28-19)22(27)24-15-7-1-2-8-16(15)25-13-5-12-23-25/h1-8,10-13H,9H2,(H,24,27). The van der Waals surface area contributed by atoms with E-state index < -0.39 is 0 Å². The van der Waals surface area contributed by atoms with Gasteiger partial charge in [-0.3, -0.25) is 9.59 Å². The van der Waals surface area contributed by atoms with Gasteiger partial charge in [-0.15, -0.1) is 11.3 Å². The summed E-state index contributed by atoms with van der Waals surface area (Å²) in [6.07, 6.45) is 7.73. The SMILES string of the molecule is O=C(Nc1ccccc1-n1cccn1)c1cccc2sc3c(c12)C(=O)CC=C3. The number of Topliss-reactive ketones (excluding diaryl/α,β-unsaturated/α-hetero) is 1. The third-order valence-corrected chi connectivity index (χ3v) is 5.86.